The number of benzene rings is 1. The molecule has 2 aromatic rings. The summed E-state index contributed by atoms with van der Waals surface area (Å²) in [6.45, 7) is 5.15. The Labute approximate surface area is 114 Å². The van der Waals surface area contributed by atoms with Crippen LogP contribution in [0.2, 0.25) is 0 Å². The molecule has 1 aliphatic rings. The maximum atomic E-state index is 5.75. The summed E-state index contributed by atoms with van der Waals surface area (Å²) < 4.78 is 5.75. The first-order valence-electron chi connectivity index (χ1n) is 6.88. The Morgan fingerprint density at radius 3 is 3.05 bits per heavy atom. The van der Waals surface area contributed by atoms with Crippen molar-refractivity contribution in [1.29, 1.82) is 0 Å². The fraction of sp³-hybridized carbons (Fsp3) is 0.438. The predicted molar refractivity (Wildman–Crippen MR) is 78.4 cm³/mol. The zero-order valence-corrected chi connectivity index (χ0v) is 11.5. The Hall–Kier alpha value is -1.61. The second-order valence-corrected chi connectivity index (χ2v) is 5.85. The summed E-state index contributed by atoms with van der Waals surface area (Å²) in [6, 6.07) is 10.9. The average Bonchev–Trinajstić information content (AvgIpc) is 2.37. The molecule has 3 heteroatoms. The lowest BCUT2D eigenvalue weighted by Gasteiger charge is -2.36. The molecule has 1 atom stereocenters. The summed E-state index contributed by atoms with van der Waals surface area (Å²) in [6.07, 6.45) is 3.93. The number of hydrogen-bond acceptors (Lipinski definition) is 3. The highest BCUT2D eigenvalue weighted by molar-refractivity contribution is 5.82. The van der Waals surface area contributed by atoms with Gasteiger partial charge in [-0.3, -0.25) is 4.98 Å². The highest BCUT2D eigenvalue weighted by Crippen LogP contribution is 2.27. The van der Waals surface area contributed by atoms with E-state index < -0.39 is 0 Å². The third-order valence-electron chi connectivity index (χ3n) is 3.67. The van der Waals surface area contributed by atoms with Crippen LogP contribution in [-0.2, 0) is 4.74 Å². The first kappa shape index (κ1) is 12.4. The Bertz CT molecular complexity index is 580. The molecule has 0 amide bonds. The molecular weight excluding hydrogens is 236 g/mol. The molecule has 1 aromatic heterocycles. The van der Waals surface area contributed by atoms with Gasteiger partial charge in [0.2, 0.25) is 0 Å². The molecule has 0 spiro atoms. The highest BCUT2D eigenvalue weighted by Gasteiger charge is 2.28. The van der Waals surface area contributed by atoms with Crippen molar-refractivity contribution in [2.24, 2.45) is 0 Å². The van der Waals surface area contributed by atoms with Gasteiger partial charge in [-0.15, -0.1) is 0 Å². The molecule has 0 saturated carbocycles. The molecule has 3 nitrogen and oxygen atoms in total. The fourth-order valence-electron chi connectivity index (χ4n) is 2.76. The monoisotopic (exact) mass is 256 g/mol. The summed E-state index contributed by atoms with van der Waals surface area (Å²) in [5.41, 5.74) is 2.19. The normalized spacial score (nSPS) is 22.3. The molecule has 1 aromatic carbocycles. The Morgan fingerprint density at radius 2 is 2.21 bits per heavy atom. The van der Waals surface area contributed by atoms with Gasteiger partial charge in [-0.25, -0.2) is 0 Å². The van der Waals surface area contributed by atoms with Crippen molar-refractivity contribution in [3.05, 3.63) is 36.5 Å². The van der Waals surface area contributed by atoms with Gasteiger partial charge in [0.25, 0.3) is 0 Å². The molecule has 1 fully saturated rings. The predicted octanol–water partition coefficient (Wildman–Crippen LogP) is 3.60. The Kier molecular flexibility index (Phi) is 3.15. The number of nitrogens with one attached hydrogen (secondary N) is 1. The van der Waals surface area contributed by atoms with E-state index in [9.17, 15) is 0 Å². The summed E-state index contributed by atoms with van der Waals surface area (Å²) in [4.78, 5) is 4.34. The van der Waals surface area contributed by atoms with E-state index in [0.717, 1.165) is 25.0 Å². The maximum Gasteiger partial charge on any atom is 0.0703 e. The van der Waals surface area contributed by atoms with Crippen LogP contribution < -0.4 is 5.32 Å². The molecule has 2 heterocycles. The van der Waals surface area contributed by atoms with E-state index in [4.69, 9.17) is 4.74 Å². The number of ether oxygens (including phenoxy) is 1. The summed E-state index contributed by atoms with van der Waals surface area (Å²) in [5, 5.41) is 4.80. The lowest BCUT2D eigenvalue weighted by molar-refractivity contribution is -0.0553. The van der Waals surface area contributed by atoms with E-state index >= 15 is 0 Å². The molecule has 100 valence electrons. The van der Waals surface area contributed by atoms with Gasteiger partial charge in [0.15, 0.2) is 0 Å². The van der Waals surface area contributed by atoms with Gasteiger partial charge in [-0.2, -0.15) is 0 Å². The molecule has 0 aliphatic carbocycles. The number of nitrogens with zero attached hydrogens (tertiary/aromatic N) is 1. The minimum Gasteiger partial charge on any atom is -0.382 e. The molecule has 1 unspecified atom stereocenters. The van der Waals surface area contributed by atoms with Crippen molar-refractivity contribution >= 4 is 16.6 Å². The number of pyridine rings is 1. The smallest absolute Gasteiger partial charge is 0.0703 e. The van der Waals surface area contributed by atoms with Crippen molar-refractivity contribution in [3.8, 4) is 0 Å². The van der Waals surface area contributed by atoms with Crippen LogP contribution in [0.3, 0.4) is 0 Å². The molecule has 19 heavy (non-hydrogen) atoms. The second kappa shape index (κ2) is 4.82. The summed E-state index contributed by atoms with van der Waals surface area (Å²) >= 11 is 0. The molecule has 3 rings (SSSR count). The molecule has 1 aliphatic heterocycles. The van der Waals surface area contributed by atoms with Gasteiger partial charge in [-0.1, -0.05) is 6.07 Å². The third kappa shape index (κ3) is 2.87. The van der Waals surface area contributed by atoms with Crippen molar-refractivity contribution in [2.45, 2.75) is 38.3 Å². The van der Waals surface area contributed by atoms with Crippen LogP contribution in [-0.4, -0.2) is 23.2 Å². The number of fused-ring (bicyclic) bond motifs is 1. The number of hydrogen-bond donors (Lipinski definition) is 1. The quantitative estimate of drug-likeness (QED) is 0.891. The van der Waals surface area contributed by atoms with Gasteiger partial charge in [0.05, 0.1) is 11.1 Å². The minimum atomic E-state index is -0.0195. The van der Waals surface area contributed by atoms with Crippen LogP contribution in [0.4, 0.5) is 5.69 Å². The van der Waals surface area contributed by atoms with Crippen LogP contribution in [0.25, 0.3) is 10.9 Å². The topological polar surface area (TPSA) is 34.2 Å². The molecular formula is C16H20N2O. The van der Waals surface area contributed by atoms with Crippen molar-refractivity contribution in [3.63, 3.8) is 0 Å². The van der Waals surface area contributed by atoms with Crippen molar-refractivity contribution in [2.75, 3.05) is 11.9 Å². The van der Waals surface area contributed by atoms with E-state index in [2.05, 4.69) is 48.4 Å². The van der Waals surface area contributed by atoms with E-state index in [1.165, 1.54) is 11.1 Å². The molecule has 0 bridgehead atoms. The van der Waals surface area contributed by atoms with Crippen LogP contribution in [0.1, 0.15) is 26.7 Å². The largest absolute Gasteiger partial charge is 0.382 e. The van der Waals surface area contributed by atoms with E-state index in [1.807, 2.05) is 12.3 Å². The van der Waals surface area contributed by atoms with Crippen LogP contribution in [0.5, 0.6) is 0 Å². The van der Waals surface area contributed by atoms with E-state index in [1.54, 1.807) is 0 Å². The lowest BCUT2D eigenvalue weighted by atomic mass is 9.94. The summed E-state index contributed by atoms with van der Waals surface area (Å²) in [7, 11) is 0. The molecule has 0 radical (unpaired) electrons. The Balaban J connectivity index is 1.77. The van der Waals surface area contributed by atoms with Gasteiger partial charge >= 0.3 is 0 Å². The van der Waals surface area contributed by atoms with Crippen molar-refractivity contribution in [1.82, 2.24) is 4.98 Å². The van der Waals surface area contributed by atoms with Crippen LogP contribution >= 0.6 is 0 Å². The first-order chi connectivity index (χ1) is 9.12. The number of aromatic nitrogens is 1. The SMILES string of the molecule is CC1(C)CC(Nc2ccc3ncccc3c2)CCO1. The van der Waals surface area contributed by atoms with Crippen LogP contribution in [0.15, 0.2) is 36.5 Å². The maximum absolute atomic E-state index is 5.75. The average molecular weight is 256 g/mol. The van der Waals surface area contributed by atoms with E-state index in [0.29, 0.717) is 6.04 Å². The van der Waals surface area contributed by atoms with Gasteiger partial charge in [0.1, 0.15) is 0 Å². The number of anilines is 1. The van der Waals surface area contributed by atoms with Crippen LogP contribution in [0, 0.1) is 0 Å². The van der Waals surface area contributed by atoms with Gasteiger partial charge in [0, 0.05) is 29.9 Å². The fourth-order valence-corrected chi connectivity index (χ4v) is 2.76. The zero-order chi connectivity index (χ0) is 13.3. The van der Waals surface area contributed by atoms with Crippen molar-refractivity contribution < 1.29 is 4.74 Å². The lowest BCUT2D eigenvalue weighted by Crippen LogP contribution is -2.40. The zero-order valence-electron chi connectivity index (χ0n) is 11.5. The minimum absolute atomic E-state index is 0.0195. The molecule has 1 saturated heterocycles. The molecule has 1 N–H and O–H groups in total. The number of rotatable bonds is 2. The van der Waals surface area contributed by atoms with E-state index in [-0.39, 0.29) is 5.60 Å². The first-order valence-corrected chi connectivity index (χ1v) is 6.88. The third-order valence-corrected chi connectivity index (χ3v) is 3.67. The standard InChI is InChI=1S/C16H20N2O/c1-16(2)11-14(7-9-19-16)18-13-5-6-15-12(10-13)4-3-8-17-15/h3-6,8,10,14,18H,7,9,11H2,1-2H3. The second-order valence-electron chi connectivity index (χ2n) is 5.85. The van der Waals surface area contributed by atoms with Gasteiger partial charge < -0.3 is 10.1 Å². The van der Waals surface area contributed by atoms with Gasteiger partial charge in [-0.05, 0) is 51.0 Å². The Morgan fingerprint density at radius 1 is 1.32 bits per heavy atom. The summed E-state index contributed by atoms with van der Waals surface area (Å²) in [5.74, 6) is 0. The highest BCUT2D eigenvalue weighted by atomic mass is 16.5.